The van der Waals surface area contributed by atoms with Crippen molar-refractivity contribution in [3.63, 3.8) is 0 Å². The summed E-state index contributed by atoms with van der Waals surface area (Å²) in [5, 5.41) is 11.1. The van der Waals surface area contributed by atoms with Crippen molar-refractivity contribution >= 4 is 0 Å². The van der Waals surface area contributed by atoms with Crippen molar-refractivity contribution in [1.29, 1.82) is 0 Å². The fourth-order valence-corrected chi connectivity index (χ4v) is 5.25. The normalized spacial score (nSPS) is 33.1. The zero-order chi connectivity index (χ0) is 16.6. The van der Waals surface area contributed by atoms with Gasteiger partial charge in [0.05, 0.1) is 12.7 Å². The summed E-state index contributed by atoms with van der Waals surface area (Å²) in [6.45, 7) is 5.47. The second-order valence-electron chi connectivity index (χ2n) is 8.09. The summed E-state index contributed by atoms with van der Waals surface area (Å²) in [6.07, 6.45) is 9.24. The van der Waals surface area contributed by atoms with Gasteiger partial charge < -0.3 is 14.7 Å². The van der Waals surface area contributed by atoms with Crippen LogP contribution in [0.4, 0.5) is 0 Å². The topological polar surface area (TPSA) is 32.7 Å². The van der Waals surface area contributed by atoms with Gasteiger partial charge in [-0.3, -0.25) is 0 Å². The largest absolute Gasteiger partial charge is 0.493 e. The fraction of sp³-hybridized carbons (Fsp3) is 0.714. The highest BCUT2D eigenvalue weighted by molar-refractivity contribution is 5.47. The molecule has 1 atom stereocenters. The molecule has 0 bridgehead atoms. The maximum Gasteiger partial charge on any atom is 0.122 e. The Labute approximate surface area is 146 Å². The summed E-state index contributed by atoms with van der Waals surface area (Å²) >= 11 is 0. The first-order valence-electron chi connectivity index (χ1n) is 9.90. The van der Waals surface area contributed by atoms with E-state index in [2.05, 4.69) is 24.0 Å². The van der Waals surface area contributed by atoms with Crippen LogP contribution in [-0.4, -0.2) is 35.7 Å². The molecule has 2 fully saturated rings. The number of hydrogen-bond donors (Lipinski definition) is 1. The molecule has 1 N–H and O–H groups in total. The van der Waals surface area contributed by atoms with Crippen molar-refractivity contribution in [2.24, 2.45) is 5.41 Å². The lowest BCUT2D eigenvalue weighted by molar-refractivity contribution is -0.00910. The first kappa shape index (κ1) is 16.4. The van der Waals surface area contributed by atoms with E-state index in [1.54, 1.807) is 0 Å². The highest BCUT2D eigenvalue weighted by Gasteiger charge is 2.48. The lowest BCUT2D eigenvalue weighted by atomic mass is 9.69. The van der Waals surface area contributed by atoms with Crippen LogP contribution in [0.2, 0.25) is 0 Å². The van der Waals surface area contributed by atoms with Crippen LogP contribution < -0.4 is 4.74 Å². The Hall–Kier alpha value is -1.06. The molecule has 1 unspecified atom stereocenters. The Morgan fingerprint density at radius 1 is 1.21 bits per heavy atom. The van der Waals surface area contributed by atoms with Crippen LogP contribution in [0, 0.1) is 5.41 Å². The van der Waals surface area contributed by atoms with E-state index in [4.69, 9.17) is 4.74 Å². The van der Waals surface area contributed by atoms with Crippen molar-refractivity contribution in [2.45, 2.75) is 70.4 Å². The molecule has 4 rings (SSSR count). The molecule has 1 spiro atoms. The maximum absolute atomic E-state index is 11.1. The predicted octanol–water partition coefficient (Wildman–Crippen LogP) is 4.09. The molecule has 24 heavy (non-hydrogen) atoms. The van der Waals surface area contributed by atoms with E-state index >= 15 is 0 Å². The van der Waals surface area contributed by atoms with Crippen LogP contribution >= 0.6 is 0 Å². The molecule has 2 aliphatic carbocycles. The summed E-state index contributed by atoms with van der Waals surface area (Å²) < 4.78 is 5.96. The molecule has 1 heterocycles. The second-order valence-corrected chi connectivity index (χ2v) is 8.09. The molecule has 132 valence electrons. The molecule has 0 radical (unpaired) electrons. The zero-order valence-corrected chi connectivity index (χ0v) is 15.0. The van der Waals surface area contributed by atoms with Crippen LogP contribution in [0.5, 0.6) is 5.75 Å². The minimum Gasteiger partial charge on any atom is -0.493 e. The molecule has 3 heteroatoms. The zero-order valence-electron chi connectivity index (χ0n) is 15.0. The van der Waals surface area contributed by atoms with Gasteiger partial charge >= 0.3 is 0 Å². The average molecular weight is 329 g/mol. The number of hydrogen-bond acceptors (Lipinski definition) is 3. The number of fused-ring (bicyclic) bond motifs is 1. The first-order chi connectivity index (χ1) is 11.7. The molecule has 1 saturated carbocycles. The van der Waals surface area contributed by atoms with E-state index in [0.717, 1.165) is 49.6 Å². The van der Waals surface area contributed by atoms with Crippen LogP contribution in [0.3, 0.4) is 0 Å². The SMILES string of the molecule is CCCOc1cccc2c1CC1(CCC(N3CCCC3)CC1)C2O. The van der Waals surface area contributed by atoms with E-state index in [1.807, 2.05) is 6.07 Å². The molecule has 3 nitrogen and oxygen atoms in total. The smallest absolute Gasteiger partial charge is 0.122 e. The van der Waals surface area contributed by atoms with E-state index in [1.165, 1.54) is 44.3 Å². The van der Waals surface area contributed by atoms with Gasteiger partial charge in [-0.2, -0.15) is 0 Å². The van der Waals surface area contributed by atoms with Crippen LogP contribution in [0.15, 0.2) is 18.2 Å². The fourth-order valence-electron chi connectivity index (χ4n) is 5.25. The molecule has 1 aromatic carbocycles. The van der Waals surface area contributed by atoms with Gasteiger partial charge in [0.1, 0.15) is 5.75 Å². The van der Waals surface area contributed by atoms with Crippen molar-refractivity contribution in [3.05, 3.63) is 29.3 Å². The Kier molecular flexibility index (Phi) is 4.57. The molecule has 1 saturated heterocycles. The van der Waals surface area contributed by atoms with E-state index in [9.17, 15) is 5.11 Å². The standard InChI is InChI=1S/C21H31NO2/c1-2-14-24-19-7-5-6-17-18(19)15-21(20(17)23)10-8-16(9-11-21)22-12-3-4-13-22/h5-7,16,20,23H,2-4,8-15H2,1H3. The third kappa shape index (κ3) is 2.76. The van der Waals surface area contributed by atoms with Gasteiger partial charge in [-0.15, -0.1) is 0 Å². The van der Waals surface area contributed by atoms with Gasteiger partial charge in [0, 0.05) is 17.0 Å². The summed E-state index contributed by atoms with van der Waals surface area (Å²) in [7, 11) is 0. The summed E-state index contributed by atoms with van der Waals surface area (Å²) in [5.41, 5.74) is 2.46. The third-order valence-corrected chi connectivity index (χ3v) is 6.64. The van der Waals surface area contributed by atoms with Crippen molar-refractivity contribution in [2.75, 3.05) is 19.7 Å². The second kappa shape index (κ2) is 6.68. The van der Waals surface area contributed by atoms with E-state index < -0.39 is 0 Å². The molecule has 3 aliphatic rings. The first-order valence-corrected chi connectivity index (χ1v) is 9.90. The number of aliphatic hydroxyl groups excluding tert-OH is 1. The van der Waals surface area contributed by atoms with Gasteiger partial charge in [0.25, 0.3) is 0 Å². The van der Waals surface area contributed by atoms with Gasteiger partial charge in [-0.25, -0.2) is 0 Å². The molecular formula is C21H31NO2. The molecule has 1 aliphatic heterocycles. The predicted molar refractivity (Wildman–Crippen MR) is 96.4 cm³/mol. The quantitative estimate of drug-likeness (QED) is 0.903. The number of rotatable bonds is 4. The number of ether oxygens (including phenoxy) is 1. The minimum absolute atomic E-state index is 0.0598. The average Bonchev–Trinajstić information content (AvgIpc) is 3.23. The van der Waals surface area contributed by atoms with E-state index in [0.29, 0.717) is 0 Å². The van der Waals surface area contributed by atoms with Gasteiger partial charge in [-0.05, 0) is 76.1 Å². The molecule has 1 aromatic rings. The maximum atomic E-state index is 11.1. The van der Waals surface area contributed by atoms with Gasteiger partial charge in [0.2, 0.25) is 0 Å². The van der Waals surface area contributed by atoms with Gasteiger partial charge in [0.15, 0.2) is 0 Å². The number of likely N-dealkylation sites (tertiary alicyclic amines) is 1. The lowest BCUT2D eigenvalue weighted by Gasteiger charge is -2.42. The Morgan fingerprint density at radius 3 is 2.67 bits per heavy atom. The lowest BCUT2D eigenvalue weighted by Crippen LogP contribution is -2.41. The van der Waals surface area contributed by atoms with Crippen molar-refractivity contribution in [1.82, 2.24) is 4.90 Å². The Balaban J connectivity index is 1.49. The summed E-state index contributed by atoms with van der Waals surface area (Å²) in [4.78, 5) is 2.69. The minimum atomic E-state index is -0.308. The number of aliphatic hydroxyl groups is 1. The van der Waals surface area contributed by atoms with Crippen molar-refractivity contribution in [3.8, 4) is 5.75 Å². The van der Waals surface area contributed by atoms with Crippen molar-refractivity contribution < 1.29 is 9.84 Å². The summed E-state index contributed by atoms with van der Waals surface area (Å²) in [5.74, 6) is 1.01. The van der Waals surface area contributed by atoms with Gasteiger partial charge in [-0.1, -0.05) is 19.1 Å². The van der Waals surface area contributed by atoms with Crippen LogP contribution in [0.1, 0.15) is 69.1 Å². The van der Waals surface area contributed by atoms with Crippen LogP contribution in [-0.2, 0) is 6.42 Å². The Bertz CT molecular complexity index is 571. The van der Waals surface area contributed by atoms with Crippen LogP contribution in [0.25, 0.3) is 0 Å². The highest BCUT2D eigenvalue weighted by Crippen LogP contribution is 2.56. The number of benzene rings is 1. The molecular weight excluding hydrogens is 298 g/mol. The molecule has 0 aromatic heterocycles. The summed E-state index contributed by atoms with van der Waals surface area (Å²) in [6, 6.07) is 6.99. The molecule has 0 amide bonds. The highest BCUT2D eigenvalue weighted by atomic mass is 16.5. The van der Waals surface area contributed by atoms with E-state index in [-0.39, 0.29) is 11.5 Å². The third-order valence-electron chi connectivity index (χ3n) is 6.64. The Morgan fingerprint density at radius 2 is 1.96 bits per heavy atom. The number of nitrogens with zero attached hydrogens (tertiary/aromatic N) is 1. The monoisotopic (exact) mass is 329 g/mol.